The lowest BCUT2D eigenvalue weighted by Gasteiger charge is -2.34. The van der Waals surface area contributed by atoms with Crippen LogP contribution in [0.5, 0.6) is 0 Å². The van der Waals surface area contributed by atoms with E-state index in [1.54, 1.807) is 0 Å². The molecule has 1 N–H and O–H groups in total. The summed E-state index contributed by atoms with van der Waals surface area (Å²) >= 11 is 0. The van der Waals surface area contributed by atoms with Crippen LogP contribution in [-0.2, 0) is 0 Å². The highest BCUT2D eigenvalue weighted by Gasteiger charge is 2.56. The van der Waals surface area contributed by atoms with Crippen LogP contribution in [0, 0.1) is 17.3 Å². The zero-order valence-electron chi connectivity index (χ0n) is 14.7. The average molecular weight is 290 g/mol. The highest BCUT2D eigenvalue weighted by Crippen LogP contribution is 2.60. The molecule has 1 fully saturated rings. The van der Waals surface area contributed by atoms with Gasteiger partial charge in [0.2, 0.25) is 0 Å². The minimum Gasteiger partial charge on any atom is -0.390 e. The van der Waals surface area contributed by atoms with Gasteiger partial charge in [-0.3, -0.25) is 0 Å². The van der Waals surface area contributed by atoms with Gasteiger partial charge in [0.15, 0.2) is 0 Å². The van der Waals surface area contributed by atoms with Gasteiger partial charge in [-0.2, -0.15) is 0 Å². The predicted molar refractivity (Wildman–Crippen MR) is 91.2 cm³/mol. The second kappa shape index (κ2) is 6.28. The Kier molecular flexibility index (Phi) is 5.03. The van der Waals surface area contributed by atoms with E-state index in [0.29, 0.717) is 11.3 Å². The number of allylic oxidation sites excluding steroid dienone is 4. The van der Waals surface area contributed by atoms with Crippen molar-refractivity contribution in [1.82, 2.24) is 0 Å². The van der Waals surface area contributed by atoms with Crippen molar-refractivity contribution in [3.8, 4) is 0 Å². The van der Waals surface area contributed by atoms with E-state index in [9.17, 15) is 5.11 Å². The third-order valence-corrected chi connectivity index (χ3v) is 5.99. The molecule has 2 rings (SSSR count). The molecule has 1 heteroatoms. The zero-order valence-corrected chi connectivity index (χ0v) is 14.7. The zero-order chi connectivity index (χ0) is 15.7. The SMILES string of the molecule is CC(C)=CCC[C@@]1(C)CC/C(C)=C/CC[C@](C)(O)[C@H]2C[C@@H]21. The molecule has 0 spiro atoms. The molecule has 0 aromatic carbocycles. The van der Waals surface area contributed by atoms with Gasteiger partial charge < -0.3 is 5.11 Å². The Balaban J connectivity index is 2.13. The molecular weight excluding hydrogens is 256 g/mol. The van der Waals surface area contributed by atoms with E-state index in [1.807, 2.05) is 0 Å². The minimum atomic E-state index is -0.462. The van der Waals surface area contributed by atoms with Crippen molar-refractivity contribution in [3.05, 3.63) is 23.3 Å². The maximum Gasteiger partial charge on any atom is 0.0653 e. The van der Waals surface area contributed by atoms with Crippen LogP contribution in [0.15, 0.2) is 23.3 Å². The van der Waals surface area contributed by atoms with Crippen LogP contribution in [0.4, 0.5) is 0 Å². The summed E-state index contributed by atoms with van der Waals surface area (Å²) in [5, 5.41) is 10.8. The highest BCUT2D eigenvalue weighted by atomic mass is 16.3. The summed E-state index contributed by atoms with van der Waals surface area (Å²) in [7, 11) is 0. The van der Waals surface area contributed by atoms with Crippen LogP contribution in [-0.4, -0.2) is 10.7 Å². The molecule has 1 nitrogen and oxygen atoms in total. The van der Waals surface area contributed by atoms with Gasteiger partial charge in [-0.05, 0) is 89.9 Å². The molecule has 0 amide bonds. The Bertz CT molecular complexity index is 425. The summed E-state index contributed by atoms with van der Waals surface area (Å²) in [4.78, 5) is 0. The van der Waals surface area contributed by atoms with Crippen LogP contribution in [0.2, 0.25) is 0 Å². The first kappa shape index (κ1) is 16.8. The summed E-state index contributed by atoms with van der Waals surface area (Å²) in [5.41, 5.74) is 2.87. The van der Waals surface area contributed by atoms with Crippen molar-refractivity contribution < 1.29 is 5.11 Å². The van der Waals surface area contributed by atoms with E-state index in [4.69, 9.17) is 0 Å². The second-order valence-electron chi connectivity index (χ2n) is 8.37. The normalized spacial score (nSPS) is 42.5. The molecule has 0 aliphatic heterocycles. The molecule has 0 aromatic rings. The molecule has 1 saturated carbocycles. The van der Waals surface area contributed by atoms with Crippen molar-refractivity contribution in [2.75, 3.05) is 0 Å². The molecule has 2 aliphatic carbocycles. The van der Waals surface area contributed by atoms with Crippen LogP contribution < -0.4 is 0 Å². The summed E-state index contributed by atoms with van der Waals surface area (Å²) in [6, 6.07) is 0. The Morgan fingerprint density at radius 3 is 2.67 bits per heavy atom. The van der Waals surface area contributed by atoms with Crippen LogP contribution in [0.1, 0.15) is 79.6 Å². The van der Waals surface area contributed by atoms with Crippen molar-refractivity contribution in [2.45, 2.75) is 85.2 Å². The van der Waals surface area contributed by atoms with Gasteiger partial charge in [-0.15, -0.1) is 0 Å². The van der Waals surface area contributed by atoms with Gasteiger partial charge in [-0.1, -0.05) is 30.2 Å². The fraction of sp³-hybridized carbons (Fsp3) is 0.800. The lowest BCUT2D eigenvalue weighted by molar-refractivity contribution is 0.0122. The van der Waals surface area contributed by atoms with Gasteiger partial charge in [-0.25, -0.2) is 0 Å². The standard InChI is InChI=1S/C20H34O/c1-15(2)8-6-11-19(4)13-10-16(3)9-7-12-20(5,21)18-14-17(18)19/h8-9,17-18,21H,6-7,10-14H2,1-5H3/b16-9+/t17-,18-,19-,20-/m0/s1. The fourth-order valence-electron chi connectivity index (χ4n) is 4.22. The first-order valence-electron chi connectivity index (χ1n) is 8.76. The molecule has 0 bridgehead atoms. The third kappa shape index (κ3) is 4.22. The van der Waals surface area contributed by atoms with Crippen LogP contribution in [0.25, 0.3) is 0 Å². The average Bonchev–Trinajstić information content (AvgIpc) is 3.16. The second-order valence-corrected chi connectivity index (χ2v) is 8.37. The Morgan fingerprint density at radius 1 is 1.29 bits per heavy atom. The lowest BCUT2D eigenvalue weighted by atomic mass is 9.72. The summed E-state index contributed by atoms with van der Waals surface area (Å²) < 4.78 is 0. The summed E-state index contributed by atoms with van der Waals surface area (Å²) in [5.74, 6) is 1.25. The van der Waals surface area contributed by atoms with Crippen LogP contribution >= 0.6 is 0 Å². The number of hydrogen-bond donors (Lipinski definition) is 1. The van der Waals surface area contributed by atoms with Gasteiger partial charge >= 0.3 is 0 Å². The summed E-state index contributed by atoms with van der Waals surface area (Å²) in [6.07, 6.45) is 12.9. The highest BCUT2D eigenvalue weighted by molar-refractivity contribution is 5.10. The predicted octanol–water partition coefficient (Wildman–Crippen LogP) is 5.65. The molecule has 0 radical (unpaired) electrons. The number of fused-ring (bicyclic) bond motifs is 1. The van der Waals surface area contributed by atoms with E-state index in [1.165, 1.54) is 43.3 Å². The van der Waals surface area contributed by atoms with E-state index in [-0.39, 0.29) is 0 Å². The lowest BCUT2D eigenvalue weighted by Crippen LogP contribution is -2.31. The number of hydrogen-bond acceptors (Lipinski definition) is 1. The molecule has 2 aliphatic rings. The van der Waals surface area contributed by atoms with Gasteiger partial charge in [0, 0.05) is 0 Å². The number of aliphatic hydroxyl groups is 1. The number of rotatable bonds is 3. The van der Waals surface area contributed by atoms with Crippen molar-refractivity contribution in [3.63, 3.8) is 0 Å². The molecule has 0 heterocycles. The molecule has 21 heavy (non-hydrogen) atoms. The van der Waals surface area contributed by atoms with Gasteiger partial charge in [0.25, 0.3) is 0 Å². The molecule has 4 atom stereocenters. The van der Waals surface area contributed by atoms with Crippen LogP contribution in [0.3, 0.4) is 0 Å². The maximum absolute atomic E-state index is 10.8. The smallest absolute Gasteiger partial charge is 0.0653 e. The van der Waals surface area contributed by atoms with E-state index < -0.39 is 5.60 Å². The Labute approximate surface area is 131 Å². The Hall–Kier alpha value is -0.560. The fourth-order valence-corrected chi connectivity index (χ4v) is 4.22. The topological polar surface area (TPSA) is 20.2 Å². The molecule has 120 valence electrons. The Morgan fingerprint density at radius 2 is 2.00 bits per heavy atom. The van der Waals surface area contributed by atoms with E-state index in [2.05, 4.69) is 46.8 Å². The van der Waals surface area contributed by atoms with Crippen molar-refractivity contribution >= 4 is 0 Å². The molecular formula is C20H34O. The molecule has 0 aromatic heterocycles. The van der Waals surface area contributed by atoms with Gasteiger partial charge in [0.1, 0.15) is 0 Å². The third-order valence-electron chi connectivity index (χ3n) is 5.99. The quantitative estimate of drug-likeness (QED) is 0.666. The summed E-state index contributed by atoms with van der Waals surface area (Å²) in [6.45, 7) is 11.2. The van der Waals surface area contributed by atoms with E-state index >= 15 is 0 Å². The van der Waals surface area contributed by atoms with Crippen molar-refractivity contribution in [1.29, 1.82) is 0 Å². The minimum absolute atomic E-state index is 0.396. The first-order chi connectivity index (χ1) is 9.74. The van der Waals surface area contributed by atoms with Crippen molar-refractivity contribution in [2.24, 2.45) is 17.3 Å². The van der Waals surface area contributed by atoms with Gasteiger partial charge in [0.05, 0.1) is 5.60 Å². The maximum atomic E-state index is 10.8. The van der Waals surface area contributed by atoms with E-state index in [0.717, 1.165) is 18.8 Å². The largest absolute Gasteiger partial charge is 0.390 e. The molecule has 0 unspecified atom stereocenters. The first-order valence-corrected chi connectivity index (χ1v) is 8.76. The monoisotopic (exact) mass is 290 g/mol. The molecule has 0 saturated heterocycles.